The highest BCUT2D eigenvalue weighted by atomic mass is 32.2. The molecule has 1 saturated carbocycles. The van der Waals surface area contributed by atoms with Crippen molar-refractivity contribution >= 4 is 21.2 Å². The molecule has 1 N–H and O–H groups in total. The second kappa shape index (κ2) is 7.29. The minimum absolute atomic E-state index is 0.131. The molecule has 0 bridgehead atoms. The predicted octanol–water partition coefficient (Wildman–Crippen LogP) is 2.82. The Morgan fingerprint density at radius 2 is 1.80 bits per heavy atom. The molecule has 1 aliphatic heterocycles. The van der Waals surface area contributed by atoms with E-state index in [4.69, 9.17) is 0 Å². The maximum absolute atomic E-state index is 11.9. The number of piperidine rings is 1. The van der Waals surface area contributed by atoms with Crippen molar-refractivity contribution in [3.63, 3.8) is 0 Å². The lowest BCUT2D eigenvalue weighted by Crippen LogP contribution is -2.43. The van der Waals surface area contributed by atoms with Crippen LogP contribution in [-0.2, 0) is 9.84 Å². The van der Waals surface area contributed by atoms with Gasteiger partial charge in [0.15, 0.2) is 9.84 Å². The van der Waals surface area contributed by atoms with Gasteiger partial charge in [-0.1, -0.05) is 18.9 Å². The summed E-state index contributed by atoms with van der Waals surface area (Å²) in [5.41, 5.74) is -0.0459. The van der Waals surface area contributed by atoms with Crippen molar-refractivity contribution in [1.29, 1.82) is 0 Å². The second-order valence-corrected chi connectivity index (χ2v) is 9.06. The van der Waals surface area contributed by atoms with Gasteiger partial charge in [0, 0.05) is 31.4 Å². The van der Waals surface area contributed by atoms with Crippen LogP contribution < -0.4 is 5.32 Å². The molecule has 1 heterocycles. The van der Waals surface area contributed by atoms with Gasteiger partial charge in [-0.25, -0.2) is 8.42 Å². The van der Waals surface area contributed by atoms with Gasteiger partial charge >= 0.3 is 5.69 Å². The first-order valence-electron chi connectivity index (χ1n) is 8.84. The van der Waals surface area contributed by atoms with Crippen LogP contribution in [0.25, 0.3) is 0 Å². The molecular weight excluding hydrogens is 342 g/mol. The number of para-hydroxylation sites is 1. The van der Waals surface area contributed by atoms with E-state index in [-0.39, 0.29) is 16.6 Å². The highest BCUT2D eigenvalue weighted by Gasteiger charge is 2.30. The van der Waals surface area contributed by atoms with Crippen LogP contribution in [0.4, 0.5) is 11.4 Å². The van der Waals surface area contributed by atoms with E-state index >= 15 is 0 Å². The summed E-state index contributed by atoms with van der Waals surface area (Å²) in [6.45, 7) is 1.98. The zero-order valence-corrected chi connectivity index (χ0v) is 15.3. The fraction of sp³-hybridized carbons (Fsp3) is 0.647. The molecule has 138 valence electrons. The van der Waals surface area contributed by atoms with Gasteiger partial charge in [-0.05, 0) is 37.8 Å². The molecule has 0 atom stereocenters. The Morgan fingerprint density at radius 1 is 1.16 bits per heavy atom. The van der Waals surface area contributed by atoms with Crippen LogP contribution in [0, 0.1) is 10.1 Å². The molecule has 0 unspecified atom stereocenters. The molecular formula is C17H25N3O4S. The average molecular weight is 367 g/mol. The van der Waals surface area contributed by atoms with Crippen LogP contribution in [0.3, 0.4) is 0 Å². The summed E-state index contributed by atoms with van der Waals surface area (Å²) in [5, 5.41) is 14.7. The van der Waals surface area contributed by atoms with E-state index < -0.39 is 14.8 Å². The van der Waals surface area contributed by atoms with E-state index in [0.29, 0.717) is 11.7 Å². The number of nitro benzene ring substituents is 1. The molecule has 1 aromatic carbocycles. The lowest BCUT2D eigenvalue weighted by Gasteiger charge is -2.36. The van der Waals surface area contributed by atoms with Gasteiger partial charge in [0.05, 0.1) is 4.92 Å². The van der Waals surface area contributed by atoms with E-state index in [1.54, 1.807) is 12.1 Å². The number of anilines is 1. The molecule has 0 amide bonds. The third-order valence-electron chi connectivity index (χ3n) is 5.31. The first kappa shape index (κ1) is 18.1. The summed E-state index contributed by atoms with van der Waals surface area (Å²) in [7, 11) is -3.65. The smallest absolute Gasteiger partial charge is 0.310 e. The van der Waals surface area contributed by atoms with Gasteiger partial charge in [-0.3, -0.25) is 10.1 Å². The second-order valence-electron chi connectivity index (χ2n) is 7.07. The molecule has 0 spiro atoms. The highest BCUT2D eigenvalue weighted by molar-refractivity contribution is 7.90. The number of sulfone groups is 1. The van der Waals surface area contributed by atoms with Crippen LogP contribution >= 0.6 is 0 Å². The van der Waals surface area contributed by atoms with E-state index in [1.807, 2.05) is 0 Å². The number of nitrogens with zero attached hydrogens (tertiary/aromatic N) is 2. The fourth-order valence-corrected chi connectivity index (χ4v) is 4.89. The Kier molecular flexibility index (Phi) is 5.29. The van der Waals surface area contributed by atoms with Gasteiger partial charge in [0.2, 0.25) is 0 Å². The summed E-state index contributed by atoms with van der Waals surface area (Å²) in [6, 6.07) is 5.27. The third-order valence-corrected chi connectivity index (χ3v) is 6.44. The van der Waals surface area contributed by atoms with E-state index in [1.165, 1.54) is 31.7 Å². The summed E-state index contributed by atoms with van der Waals surface area (Å²) >= 11 is 0. The third kappa shape index (κ3) is 4.12. The Bertz CT molecular complexity index is 736. The highest BCUT2D eigenvalue weighted by Crippen LogP contribution is 2.34. The van der Waals surface area contributed by atoms with Crippen LogP contribution in [-0.4, -0.2) is 49.7 Å². The monoisotopic (exact) mass is 367 g/mol. The normalized spacial score (nSPS) is 20.7. The number of benzene rings is 1. The Hall–Kier alpha value is -1.67. The minimum atomic E-state index is -3.65. The Balaban J connectivity index is 1.72. The molecule has 3 rings (SSSR count). The number of nitrogens with one attached hydrogen (secondary N) is 1. The maximum atomic E-state index is 11.9. The van der Waals surface area contributed by atoms with Crippen molar-refractivity contribution in [3.8, 4) is 0 Å². The fourth-order valence-electron chi connectivity index (χ4n) is 4.02. The summed E-state index contributed by atoms with van der Waals surface area (Å²) in [5.74, 6) is 0. The van der Waals surface area contributed by atoms with Crippen molar-refractivity contribution in [3.05, 3.63) is 28.3 Å². The van der Waals surface area contributed by atoms with Gasteiger partial charge in [0.25, 0.3) is 0 Å². The zero-order valence-electron chi connectivity index (χ0n) is 14.5. The van der Waals surface area contributed by atoms with Crippen molar-refractivity contribution in [2.75, 3.05) is 24.7 Å². The summed E-state index contributed by atoms with van der Waals surface area (Å²) in [4.78, 5) is 13.1. The maximum Gasteiger partial charge on any atom is 0.310 e. The van der Waals surface area contributed by atoms with Gasteiger partial charge < -0.3 is 10.2 Å². The minimum Gasteiger partial charge on any atom is -0.377 e. The number of rotatable bonds is 5. The van der Waals surface area contributed by atoms with Gasteiger partial charge in [0.1, 0.15) is 10.6 Å². The average Bonchev–Trinajstić information content (AvgIpc) is 3.09. The molecule has 1 saturated heterocycles. The lowest BCUT2D eigenvalue weighted by atomic mass is 10.0. The molecule has 8 heteroatoms. The van der Waals surface area contributed by atoms with Crippen LogP contribution in [0.15, 0.2) is 23.1 Å². The molecule has 0 aromatic heterocycles. The first-order chi connectivity index (χ1) is 11.9. The summed E-state index contributed by atoms with van der Waals surface area (Å²) in [6.07, 6.45) is 8.01. The van der Waals surface area contributed by atoms with Crippen molar-refractivity contribution < 1.29 is 13.3 Å². The number of likely N-dealkylation sites (tertiary alicyclic amines) is 1. The van der Waals surface area contributed by atoms with E-state index in [2.05, 4.69) is 10.2 Å². The van der Waals surface area contributed by atoms with E-state index in [9.17, 15) is 18.5 Å². The standard InChI is InChI=1S/C17H25N3O4S/c1-25(23,24)16-8-4-7-15(17(16)20(21)22)18-13-9-11-19(12-10-13)14-5-2-3-6-14/h4,7-8,13-14,18H,2-3,5-6,9-12H2,1H3. The van der Waals surface area contributed by atoms with E-state index in [0.717, 1.165) is 32.2 Å². The Labute approximate surface area is 148 Å². The van der Waals surface area contributed by atoms with Crippen LogP contribution in [0.1, 0.15) is 38.5 Å². The van der Waals surface area contributed by atoms with Gasteiger partial charge in [-0.2, -0.15) is 0 Å². The Morgan fingerprint density at radius 3 is 2.36 bits per heavy atom. The molecule has 7 nitrogen and oxygen atoms in total. The molecule has 0 radical (unpaired) electrons. The molecule has 2 aliphatic rings. The predicted molar refractivity (Wildman–Crippen MR) is 96.7 cm³/mol. The molecule has 2 fully saturated rings. The quantitative estimate of drug-likeness (QED) is 0.635. The summed E-state index contributed by atoms with van der Waals surface area (Å²) < 4.78 is 23.7. The molecule has 1 aliphatic carbocycles. The van der Waals surface area contributed by atoms with Crippen LogP contribution in [0.2, 0.25) is 0 Å². The topological polar surface area (TPSA) is 92.6 Å². The van der Waals surface area contributed by atoms with Crippen molar-refractivity contribution in [2.24, 2.45) is 0 Å². The molecule has 25 heavy (non-hydrogen) atoms. The number of hydrogen-bond donors (Lipinski definition) is 1. The lowest BCUT2D eigenvalue weighted by molar-refractivity contribution is -0.386. The largest absolute Gasteiger partial charge is 0.377 e. The first-order valence-corrected chi connectivity index (χ1v) is 10.7. The zero-order chi connectivity index (χ0) is 18.0. The molecule has 1 aromatic rings. The van der Waals surface area contributed by atoms with Crippen molar-refractivity contribution in [1.82, 2.24) is 4.90 Å². The van der Waals surface area contributed by atoms with Crippen LogP contribution in [0.5, 0.6) is 0 Å². The number of nitro groups is 1. The van der Waals surface area contributed by atoms with Crippen molar-refractivity contribution in [2.45, 2.75) is 55.5 Å². The van der Waals surface area contributed by atoms with Gasteiger partial charge in [-0.15, -0.1) is 0 Å². The SMILES string of the molecule is CS(=O)(=O)c1cccc(NC2CCN(C3CCCC3)CC2)c1[N+](=O)[O-]. The number of hydrogen-bond acceptors (Lipinski definition) is 6.